The van der Waals surface area contributed by atoms with Crippen molar-refractivity contribution >= 4 is 17.3 Å². The molecular formula is C24H26F3N5O2. The van der Waals surface area contributed by atoms with Gasteiger partial charge in [-0.25, -0.2) is 15.0 Å². The molecule has 7 nitrogen and oxygen atoms in total. The number of alkyl halides is 3. The average Bonchev–Trinajstić information content (AvgIpc) is 2.79. The molecule has 1 aromatic carbocycles. The molecule has 0 unspecified atom stereocenters. The Bertz CT molecular complexity index is 1160. The number of anilines is 3. The molecule has 2 atom stereocenters. The van der Waals surface area contributed by atoms with E-state index in [0.717, 1.165) is 30.2 Å². The first-order valence-electron chi connectivity index (χ1n) is 11.0. The summed E-state index contributed by atoms with van der Waals surface area (Å²) in [5.74, 6) is 0.540. The zero-order valence-corrected chi connectivity index (χ0v) is 18.9. The van der Waals surface area contributed by atoms with E-state index in [0.29, 0.717) is 30.1 Å². The van der Waals surface area contributed by atoms with Crippen molar-refractivity contribution in [2.24, 2.45) is 0 Å². The highest BCUT2D eigenvalue weighted by Gasteiger charge is 2.33. The first-order valence-corrected chi connectivity index (χ1v) is 11.0. The molecule has 3 N–H and O–H groups in total. The number of pyridine rings is 1. The summed E-state index contributed by atoms with van der Waals surface area (Å²) in [6.45, 7) is 2.08. The molecule has 0 amide bonds. The van der Waals surface area contributed by atoms with Gasteiger partial charge in [0.1, 0.15) is 23.7 Å². The van der Waals surface area contributed by atoms with Crippen molar-refractivity contribution in [2.75, 3.05) is 24.4 Å². The molecule has 180 valence electrons. The topological polar surface area (TPSA) is 92.2 Å². The maximum atomic E-state index is 13.3. The number of rotatable bonds is 7. The van der Waals surface area contributed by atoms with Crippen LogP contribution < -0.4 is 10.6 Å². The summed E-state index contributed by atoms with van der Waals surface area (Å²) in [5, 5.41) is 16.4. The third-order valence-electron chi connectivity index (χ3n) is 5.65. The highest BCUT2D eigenvalue weighted by Crippen LogP contribution is 2.34. The van der Waals surface area contributed by atoms with Gasteiger partial charge in [-0.05, 0) is 49.1 Å². The molecule has 0 aliphatic heterocycles. The van der Waals surface area contributed by atoms with Crippen LogP contribution in [0.5, 0.6) is 0 Å². The van der Waals surface area contributed by atoms with Crippen molar-refractivity contribution in [1.29, 1.82) is 0 Å². The number of benzene rings is 1. The minimum Gasteiger partial charge on any atom is -0.393 e. The Morgan fingerprint density at radius 1 is 1.21 bits per heavy atom. The molecule has 1 aliphatic rings. The van der Waals surface area contributed by atoms with Crippen LogP contribution >= 0.6 is 0 Å². The molecule has 34 heavy (non-hydrogen) atoms. The summed E-state index contributed by atoms with van der Waals surface area (Å²) < 4.78 is 45.0. The molecule has 1 aliphatic carbocycles. The molecule has 10 heteroatoms. The number of aromatic nitrogens is 3. The Morgan fingerprint density at radius 3 is 2.79 bits per heavy atom. The normalized spacial score (nSPS) is 16.6. The summed E-state index contributed by atoms with van der Waals surface area (Å²) in [5.41, 5.74) is 2.87. The fourth-order valence-electron chi connectivity index (χ4n) is 4.06. The van der Waals surface area contributed by atoms with Gasteiger partial charge in [-0.1, -0.05) is 12.1 Å². The van der Waals surface area contributed by atoms with Crippen molar-refractivity contribution in [1.82, 2.24) is 15.0 Å². The Morgan fingerprint density at radius 2 is 2.03 bits per heavy atom. The van der Waals surface area contributed by atoms with Crippen molar-refractivity contribution in [3.8, 4) is 11.3 Å². The Hall–Kier alpha value is -3.24. The molecule has 0 bridgehead atoms. The van der Waals surface area contributed by atoms with Gasteiger partial charge in [0, 0.05) is 36.9 Å². The SMILES string of the molecule is COC[C@H](C)Nc1nc(C(F)(F)F)ccc1-c1cc(Nc2cccc3c2C[C@@H](O)CC3)ncn1. The zero-order valence-electron chi connectivity index (χ0n) is 18.9. The van der Waals surface area contributed by atoms with Gasteiger partial charge in [-0.2, -0.15) is 13.2 Å². The first kappa shape index (κ1) is 23.9. The smallest absolute Gasteiger partial charge is 0.393 e. The second kappa shape index (κ2) is 9.94. The molecule has 4 rings (SSSR count). The van der Waals surface area contributed by atoms with Gasteiger partial charge >= 0.3 is 6.18 Å². The molecule has 0 radical (unpaired) electrons. The van der Waals surface area contributed by atoms with E-state index in [4.69, 9.17) is 4.74 Å². The number of hydrogen-bond acceptors (Lipinski definition) is 7. The van der Waals surface area contributed by atoms with E-state index in [9.17, 15) is 18.3 Å². The fourth-order valence-corrected chi connectivity index (χ4v) is 4.06. The highest BCUT2D eigenvalue weighted by atomic mass is 19.4. The van der Waals surface area contributed by atoms with E-state index < -0.39 is 18.0 Å². The summed E-state index contributed by atoms with van der Waals surface area (Å²) in [6, 6.07) is 9.58. The maximum Gasteiger partial charge on any atom is 0.433 e. The standard InChI is InChI=1S/C24H26F3N5O2/c1-14(12-34-2)30-23-17(8-9-21(32-23)24(25,26)27)20-11-22(29-13-28-20)31-19-5-3-4-15-6-7-16(33)10-18(15)19/h3-5,8-9,11,13-14,16,33H,6-7,10,12H2,1-2H3,(H,30,32)(H,28,29,31)/t14-,16-/m0/s1. The number of aliphatic hydroxyl groups excluding tert-OH is 1. The van der Waals surface area contributed by atoms with Crippen LogP contribution in [0.3, 0.4) is 0 Å². The third kappa shape index (κ3) is 5.45. The van der Waals surface area contributed by atoms with Gasteiger partial charge in [-0.15, -0.1) is 0 Å². The Kier molecular flexibility index (Phi) is 6.99. The number of fused-ring (bicyclic) bond motifs is 1. The van der Waals surface area contributed by atoms with E-state index >= 15 is 0 Å². The van der Waals surface area contributed by atoms with Crippen molar-refractivity contribution in [3.05, 3.63) is 59.5 Å². The lowest BCUT2D eigenvalue weighted by molar-refractivity contribution is -0.141. The van der Waals surface area contributed by atoms with E-state index in [-0.39, 0.29) is 11.9 Å². The lowest BCUT2D eigenvalue weighted by atomic mass is 9.88. The number of nitrogens with zero attached hydrogens (tertiary/aromatic N) is 3. The van der Waals surface area contributed by atoms with Crippen LogP contribution in [0.4, 0.5) is 30.5 Å². The van der Waals surface area contributed by atoms with Crippen LogP contribution in [0.2, 0.25) is 0 Å². The Labute approximate surface area is 195 Å². The molecule has 0 fully saturated rings. The minimum atomic E-state index is -4.57. The number of hydrogen-bond donors (Lipinski definition) is 3. The van der Waals surface area contributed by atoms with E-state index in [2.05, 4.69) is 25.6 Å². The lowest BCUT2D eigenvalue weighted by Gasteiger charge is -2.23. The van der Waals surface area contributed by atoms with Crippen molar-refractivity contribution in [2.45, 2.75) is 44.5 Å². The van der Waals surface area contributed by atoms with E-state index in [1.807, 2.05) is 18.2 Å². The minimum absolute atomic E-state index is 0.0595. The second-order valence-electron chi connectivity index (χ2n) is 8.34. The second-order valence-corrected chi connectivity index (χ2v) is 8.34. The van der Waals surface area contributed by atoms with Gasteiger partial charge < -0.3 is 20.5 Å². The van der Waals surface area contributed by atoms with Crippen molar-refractivity contribution in [3.63, 3.8) is 0 Å². The molecule has 0 saturated carbocycles. The highest BCUT2D eigenvalue weighted by molar-refractivity contribution is 5.75. The van der Waals surface area contributed by atoms with Gasteiger partial charge in [0.15, 0.2) is 0 Å². The van der Waals surface area contributed by atoms with Crippen LogP contribution in [-0.2, 0) is 23.8 Å². The molecular weight excluding hydrogens is 447 g/mol. The monoisotopic (exact) mass is 473 g/mol. The van der Waals surface area contributed by atoms with E-state index in [1.165, 1.54) is 25.1 Å². The molecule has 3 aromatic rings. The largest absolute Gasteiger partial charge is 0.433 e. The first-order chi connectivity index (χ1) is 16.2. The van der Waals surface area contributed by atoms with Crippen LogP contribution in [0.15, 0.2) is 42.7 Å². The van der Waals surface area contributed by atoms with Crippen molar-refractivity contribution < 1.29 is 23.0 Å². The number of aryl methyl sites for hydroxylation is 1. The summed E-state index contributed by atoms with van der Waals surface area (Å²) in [6.07, 6.45) is -1.54. The fraction of sp³-hybridized carbons (Fsp3) is 0.375. The third-order valence-corrected chi connectivity index (χ3v) is 5.65. The number of halogens is 3. The zero-order chi connectivity index (χ0) is 24.3. The van der Waals surface area contributed by atoms with Gasteiger partial charge in [0.05, 0.1) is 18.4 Å². The molecule has 0 spiro atoms. The predicted octanol–water partition coefficient (Wildman–Crippen LogP) is 4.60. The maximum absolute atomic E-state index is 13.3. The van der Waals surface area contributed by atoms with Crippen LogP contribution in [0.25, 0.3) is 11.3 Å². The number of nitrogens with one attached hydrogen (secondary N) is 2. The van der Waals surface area contributed by atoms with Gasteiger partial charge in [-0.3, -0.25) is 0 Å². The lowest BCUT2D eigenvalue weighted by Crippen LogP contribution is -2.23. The summed E-state index contributed by atoms with van der Waals surface area (Å²) in [4.78, 5) is 12.4. The van der Waals surface area contributed by atoms with Gasteiger partial charge in [0.2, 0.25) is 0 Å². The van der Waals surface area contributed by atoms with Gasteiger partial charge in [0.25, 0.3) is 0 Å². The van der Waals surface area contributed by atoms with Crippen LogP contribution in [0.1, 0.15) is 30.2 Å². The number of ether oxygens (including phenoxy) is 1. The summed E-state index contributed by atoms with van der Waals surface area (Å²) in [7, 11) is 1.52. The summed E-state index contributed by atoms with van der Waals surface area (Å²) >= 11 is 0. The van der Waals surface area contributed by atoms with Crippen LogP contribution in [0, 0.1) is 0 Å². The molecule has 2 aromatic heterocycles. The number of aliphatic hydroxyl groups is 1. The predicted molar refractivity (Wildman–Crippen MR) is 123 cm³/mol. The average molecular weight is 473 g/mol. The molecule has 0 saturated heterocycles. The molecule has 2 heterocycles. The number of methoxy groups -OCH3 is 1. The van der Waals surface area contributed by atoms with Crippen LogP contribution in [-0.4, -0.2) is 45.9 Å². The Balaban J connectivity index is 1.68. The van der Waals surface area contributed by atoms with E-state index in [1.54, 1.807) is 13.0 Å². The quantitative estimate of drug-likeness (QED) is 0.462.